The molecule has 2 atom stereocenters. The van der Waals surface area contributed by atoms with Crippen LogP contribution in [0.25, 0.3) is 0 Å². The van der Waals surface area contributed by atoms with Crippen molar-refractivity contribution >= 4 is 5.82 Å². The topological polar surface area (TPSA) is 41.0 Å². The van der Waals surface area contributed by atoms with Gasteiger partial charge in [-0.2, -0.15) is 5.10 Å². The van der Waals surface area contributed by atoms with Crippen LogP contribution in [0.5, 0.6) is 0 Å². The molecule has 4 nitrogen and oxygen atoms in total. The molecule has 1 aromatic heterocycles. The summed E-state index contributed by atoms with van der Waals surface area (Å²) in [5.41, 5.74) is 1.01. The van der Waals surface area contributed by atoms with E-state index in [9.17, 15) is 0 Å². The Morgan fingerprint density at radius 1 is 1.38 bits per heavy atom. The van der Waals surface area contributed by atoms with Gasteiger partial charge in [0, 0.05) is 19.1 Å². The minimum Gasteiger partial charge on any atom is -0.352 e. The first kappa shape index (κ1) is 10.0. The molecule has 1 aliphatic heterocycles. The Balaban J connectivity index is 1.75. The van der Waals surface area contributed by atoms with Gasteiger partial charge in [-0.05, 0) is 44.4 Å². The average Bonchev–Trinajstić information content (AvgIpc) is 2.92. The van der Waals surface area contributed by atoms with Crippen molar-refractivity contribution in [2.75, 3.05) is 18.5 Å². The molecule has 1 saturated carbocycles. The molecular formula is C12H18N4. The first-order valence-corrected chi connectivity index (χ1v) is 6.10. The monoisotopic (exact) mass is 218 g/mol. The van der Waals surface area contributed by atoms with Crippen LogP contribution in [0.1, 0.15) is 25.0 Å². The number of nitrogens with one attached hydrogen (secondary N) is 1. The summed E-state index contributed by atoms with van der Waals surface area (Å²) in [7, 11) is 1.93. The van der Waals surface area contributed by atoms with Crippen molar-refractivity contribution in [3.8, 4) is 0 Å². The van der Waals surface area contributed by atoms with Crippen LogP contribution >= 0.6 is 0 Å². The number of anilines is 1. The maximum Gasteiger partial charge on any atom is 0.151 e. The lowest BCUT2D eigenvalue weighted by Gasteiger charge is -2.27. The van der Waals surface area contributed by atoms with E-state index in [1.807, 2.05) is 7.05 Å². The second-order valence-electron chi connectivity index (χ2n) is 4.90. The Bertz CT molecular complexity index is 362. The Hall–Kier alpha value is -1.16. The largest absolute Gasteiger partial charge is 0.352 e. The van der Waals surface area contributed by atoms with Crippen LogP contribution in [0.4, 0.5) is 5.82 Å². The number of nitrogens with zero attached hydrogens (tertiary/aromatic N) is 3. The molecule has 86 valence electrons. The highest BCUT2D eigenvalue weighted by molar-refractivity contribution is 5.41. The van der Waals surface area contributed by atoms with Gasteiger partial charge in [-0.25, -0.2) is 0 Å². The van der Waals surface area contributed by atoms with E-state index in [0.29, 0.717) is 0 Å². The van der Waals surface area contributed by atoms with Gasteiger partial charge in [0.2, 0.25) is 0 Å². The number of hydrogen-bond donors (Lipinski definition) is 1. The van der Waals surface area contributed by atoms with Gasteiger partial charge < -0.3 is 10.2 Å². The van der Waals surface area contributed by atoms with E-state index in [4.69, 9.17) is 0 Å². The predicted octanol–water partition coefficient (Wildman–Crippen LogP) is 1.18. The van der Waals surface area contributed by atoms with E-state index in [2.05, 4.69) is 32.5 Å². The third kappa shape index (κ3) is 1.67. The van der Waals surface area contributed by atoms with Crippen molar-refractivity contribution in [1.82, 2.24) is 15.5 Å². The van der Waals surface area contributed by atoms with Crippen molar-refractivity contribution in [2.45, 2.75) is 31.8 Å². The van der Waals surface area contributed by atoms with Crippen LogP contribution in [0, 0.1) is 5.92 Å². The molecule has 2 heterocycles. The van der Waals surface area contributed by atoms with E-state index < -0.39 is 0 Å². The third-order valence-corrected chi connectivity index (χ3v) is 3.77. The summed E-state index contributed by atoms with van der Waals surface area (Å²) in [4.78, 5) is 2.43. The molecule has 0 amide bonds. The average molecular weight is 218 g/mol. The second kappa shape index (κ2) is 4.01. The molecule has 2 unspecified atom stereocenters. The highest BCUT2D eigenvalue weighted by Crippen LogP contribution is 2.39. The van der Waals surface area contributed by atoms with Crippen molar-refractivity contribution in [2.24, 2.45) is 5.92 Å². The minimum atomic E-state index is 0.731. The smallest absolute Gasteiger partial charge is 0.151 e. The van der Waals surface area contributed by atoms with Crippen molar-refractivity contribution in [3.05, 3.63) is 17.8 Å². The summed E-state index contributed by atoms with van der Waals surface area (Å²) >= 11 is 0. The SMILES string of the molecule is CNCc1ccc(N2CC3CCC2C3)nn1. The lowest BCUT2D eigenvalue weighted by Crippen LogP contribution is -2.32. The minimum absolute atomic E-state index is 0.731. The zero-order valence-corrected chi connectivity index (χ0v) is 9.69. The lowest BCUT2D eigenvalue weighted by atomic mass is 10.1. The zero-order chi connectivity index (χ0) is 11.0. The van der Waals surface area contributed by atoms with Crippen molar-refractivity contribution in [1.29, 1.82) is 0 Å². The van der Waals surface area contributed by atoms with E-state index in [1.165, 1.54) is 25.8 Å². The van der Waals surface area contributed by atoms with Gasteiger partial charge in [-0.3, -0.25) is 0 Å². The first-order chi connectivity index (χ1) is 7.86. The molecule has 16 heavy (non-hydrogen) atoms. The maximum absolute atomic E-state index is 4.33. The maximum atomic E-state index is 4.33. The van der Waals surface area contributed by atoms with Crippen LogP contribution in [0.3, 0.4) is 0 Å². The highest BCUT2D eigenvalue weighted by Gasteiger charge is 2.38. The van der Waals surface area contributed by atoms with Gasteiger partial charge in [-0.15, -0.1) is 5.10 Å². The third-order valence-electron chi connectivity index (χ3n) is 3.77. The summed E-state index contributed by atoms with van der Waals surface area (Å²) in [6.07, 6.45) is 4.11. The molecule has 1 saturated heterocycles. The molecule has 4 heteroatoms. The summed E-state index contributed by atoms with van der Waals surface area (Å²) in [6, 6.07) is 4.92. The summed E-state index contributed by atoms with van der Waals surface area (Å²) in [6.45, 7) is 1.98. The van der Waals surface area contributed by atoms with E-state index in [-0.39, 0.29) is 0 Å². The molecule has 0 radical (unpaired) electrons. The highest BCUT2D eigenvalue weighted by atomic mass is 15.3. The molecule has 1 aliphatic carbocycles. The van der Waals surface area contributed by atoms with E-state index >= 15 is 0 Å². The molecular weight excluding hydrogens is 200 g/mol. The zero-order valence-electron chi connectivity index (χ0n) is 9.69. The number of piperidine rings is 1. The number of fused-ring (bicyclic) bond motifs is 2. The number of rotatable bonds is 3. The van der Waals surface area contributed by atoms with Crippen LogP contribution in [0.2, 0.25) is 0 Å². The predicted molar refractivity (Wildman–Crippen MR) is 63.3 cm³/mol. The molecule has 3 rings (SSSR count). The van der Waals surface area contributed by atoms with Crippen LogP contribution < -0.4 is 10.2 Å². The molecule has 0 spiro atoms. The second-order valence-corrected chi connectivity index (χ2v) is 4.90. The summed E-state index contributed by atoms with van der Waals surface area (Å²) in [5, 5.41) is 11.7. The van der Waals surface area contributed by atoms with Gasteiger partial charge in [0.1, 0.15) is 0 Å². The molecule has 0 aromatic carbocycles. The van der Waals surface area contributed by atoms with E-state index in [0.717, 1.165) is 30.0 Å². The van der Waals surface area contributed by atoms with Crippen molar-refractivity contribution < 1.29 is 0 Å². The molecule has 1 aromatic rings. The number of hydrogen-bond acceptors (Lipinski definition) is 4. The number of aromatic nitrogens is 2. The lowest BCUT2D eigenvalue weighted by molar-refractivity contribution is 0.548. The molecule has 2 bridgehead atoms. The van der Waals surface area contributed by atoms with Crippen LogP contribution in [-0.2, 0) is 6.54 Å². The Morgan fingerprint density at radius 2 is 2.31 bits per heavy atom. The Labute approximate surface area is 96.1 Å². The van der Waals surface area contributed by atoms with Gasteiger partial charge in [0.05, 0.1) is 5.69 Å². The normalized spacial score (nSPS) is 27.7. The van der Waals surface area contributed by atoms with Gasteiger partial charge >= 0.3 is 0 Å². The fourth-order valence-electron chi connectivity index (χ4n) is 2.99. The van der Waals surface area contributed by atoms with E-state index in [1.54, 1.807) is 0 Å². The Kier molecular flexibility index (Phi) is 2.52. The fraction of sp³-hybridized carbons (Fsp3) is 0.667. The molecule has 2 aliphatic rings. The summed E-state index contributed by atoms with van der Waals surface area (Å²) < 4.78 is 0. The molecule has 2 fully saturated rings. The standard InChI is InChI=1S/C12H18N4/c1-13-7-10-3-5-12(15-14-10)16-8-9-2-4-11(16)6-9/h3,5,9,11,13H,2,4,6-8H2,1H3. The van der Waals surface area contributed by atoms with Crippen LogP contribution in [0.15, 0.2) is 12.1 Å². The Morgan fingerprint density at radius 3 is 2.88 bits per heavy atom. The van der Waals surface area contributed by atoms with Gasteiger partial charge in [0.15, 0.2) is 5.82 Å². The molecule has 1 N–H and O–H groups in total. The summed E-state index contributed by atoms with van der Waals surface area (Å²) in [5.74, 6) is 1.97. The van der Waals surface area contributed by atoms with Crippen molar-refractivity contribution in [3.63, 3.8) is 0 Å². The van der Waals surface area contributed by atoms with Gasteiger partial charge in [0.25, 0.3) is 0 Å². The van der Waals surface area contributed by atoms with Crippen LogP contribution in [-0.4, -0.2) is 29.8 Å². The quantitative estimate of drug-likeness (QED) is 0.827. The van der Waals surface area contributed by atoms with Gasteiger partial charge in [-0.1, -0.05) is 0 Å². The first-order valence-electron chi connectivity index (χ1n) is 6.10. The fourth-order valence-corrected chi connectivity index (χ4v) is 2.99.